The zero-order valence-electron chi connectivity index (χ0n) is 15.5. The average molecular weight is 394 g/mol. The third kappa shape index (κ3) is 4.98. The van der Waals surface area contributed by atoms with E-state index in [0.717, 1.165) is 11.1 Å². The molecule has 0 spiro atoms. The summed E-state index contributed by atoms with van der Waals surface area (Å²) >= 11 is 0. The quantitative estimate of drug-likeness (QED) is 0.637. The Morgan fingerprint density at radius 1 is 0.821 bits per heavy atom. The average Bonchev–Trinajstić information content (AvgIpc) is 2.73. The molecular formula is C22H22N2O3S. The van der Waals surface area contributed by atoms with Gasteiger partial charge < -0.3 is 5.32 Å². The van der Waals surface area contributed by atoms with E-state index in [0.29, 0.717) is 11.3 Å². The van der Waals surface area contributed by atoms with Crippen LogP contribution < -0.4 is 10.0 Å². The molecule has 6 heteroatoms. The van der Waals surface area contributed by atoms with Crippen molar-refractivity contribution in [3.05, 3.63) is 102 Å². The SMILES string of the molecule is CCS(=O)(=O)Nc1ccc(C(=O)NC(c2ccccc2)c2ccccc2)cc1. The molecule has 0 aromatic heterocycles. The topological polar surface area (TPSA) is 75.3 Å². The third-order valence-corrected chi connectivity index (χ3v) is 5.65. The van der Waals surface area contributed by atoms with Gasteiger partial charge in [-0.1, -0.05) is 60.7 Å². The van der Waals surface area contributed by atoms with Crippen molar-refractivity contribution in [2.75, 3.05) is 10.5 Å². The first-order valence-corrected chi connectivity index (χ1v) is 10.6. The van der Waals surface area contributed by atoms with Crippen LogP contribution in [0.1, 0.15) is 34.5 Å². The number of amides is 1. The molecule has 3 rings (SSSR count). The van der Waals surface area contributed by atoms with Crippen molar-refractivity contribution in [1.29, 1.82) is 0 Å². The fraction of sp³-hybridized carbons (Fsp3) is 0.136. The minimum absolute atomic E-state index is 0.00886. The Bertz CT molecular complexity index is 979. The summed E-state index contributed by atoms with van der Waals surface area (Å²) in [6, 6.07) is 25.6. The molecule has 0 saturated heterocycles. The molecule has 0 aliphatic rings. The van der Waals surface area contributed by atoms with E-state index in [9.17, 15) is 13.2 Å². The molecule has 0 aliphatic heterocycles. The van der Waals surface area contributed by atoms with Crippen LogP contribution in [0.4, 0.5) is 5.69 Å². The summed E-state index contributed by atoms with van der Waals surface area (Å²) in [4.78, 5) is 12.8. The van der Waals surface area contributed by atoms with Gasteiger partial charge in [0.2, 0.25) is 10.0 Å². The molecule has 3 aromatic carbocycles. The first-order chi connectivity index (χ1) is 13.5. The predicted molar refractivity (Wildman–Crippen MR) is 112 cm³/mol. The van der Waals surface area contributed by atoms with E-state index >= 15 is 0 Å². The molecule has 0 atom stereocenters. The summed E-state index contributed by atoms with van der Waals surface area (Å²) in [5.41, 5.74) is 2.85. The summed E-state index contributed by atoms with van der Waals surface area (Å²) in [6.45, 7) is 1.57. The highest BCUT2D eigenvalue weighted by Crippen LogP contribution is 2.22. The largest absolute Gasteiger partial charge is 0.341 e. The Kier molecular flexibility index (Phi) is 6.11. The Labute approximate surface area is 165 Å². The number of carbonyl (C=O) groups is 1. The van der Waals surface area contributed by atoms with E-state index in [2.05, 4.69) is 10.0 Å². The third-order valence-electron chi connectivity index (χ3n) is 4.34. The van der Waals surface area contributed by atoms with Gasteiger partial charge in [0.25, 0.3) is 5.91 Å². The van der Waals surface area contributed by atoms with Crippen molar-refractivity contribution in [3.8, 4) is 0 Å². The number of anilines is 1. The highest BCUT2D eigenvalue weighted by molar-refractivity contribution is 7.92. The number of carbonyl (C=O) groups excluding carboxylic acids is 1. The summed E-state index contributed by atoms with van der Waals surface area (Å²) in [7, 11) is -3.35. The second-order valence-corrected chi connectivity index (χ2v) is 8.32. The van der Waals surface area contributed by atoms with Gasteiger partial charge in [-0.2, -0.15) is 0 Å². The molecule has 0 unspecified atom stereocenters. The minimum Gasteiger partial charge on any atom is -0.341 e. The van der Waals surface area contributed by atoms with Gasteiger partial charge in [0.05, 0.1) is 11.8 Å². The first kappa shape index (κ1) is 19.6. The molecule has 0 fully saturated rings. The van der Waals surface area contributed by atoms with Crippen molar-refractivity contribution in [3.63, 3.8) is 0 Å². The smallest absolute Gasteiger partial charge is 0.252 e. The van der Waals surface area contributed by atoms with E-state index in [4.69, 9.17) is 0 Å². The standard InChI is InChI=1S/C22H22N2O3S/c1-2-28(26,27)24-20-15-13-19(14-16-20)22(25)23-21(17-9-5-3-6-10-17)18-11-7-4-8-12-18/h3-16,21,24H,2H2,1H3,(H,23,25). The lowest BCUT2D eigenvalue weighted by Crippen LogP contribution is -2.29. The molecule has 0 saturated carbocycles. The maximum Gasteiger partial charge on any atom is 0.252 e. The fourth-order valence-electron chi connectivity index (χ4n) is 2.81. The van der Waals surface area contributed by atoms with E-state index in [1.54, 1.807) is 31.2 Å². The highest BCUT2D eigenvalue weighted by atomic mass is 32.2. The van der Waals surface area contributed by atoms with Gasteiger partial charge in [-0.3, -0.25) is 9.52 Å². The Hall–Kier alpha value is -3.12. The predicted octanol–water partition coefficient (Wildman–Crippen LogP) is 3.97. The normalized spacial score (nSPS) is 11.2. The number of benzene rings is 3. The number of hydrogen-bond acceptors (Lipinski definition) is 3. The van der Waals surface area contributed by atoms with Crippen LogP contribution in [0.3, 0.4) is 0 Å². The van der Waals surface area contributed by atoms with Crippen LogP contribution in [0.5, 0.6) is 0 Å². The Balaban J connectivity index is 1.81. The van der Waals surface area contributed by atoms with Gasteiger partial charge in [0.15, 0.2) is 0 Å². The lowest BCUT2D eigenvalue weighted by Gasteiger charge is -2.20. The highest BCUT2D eigenvalue weighted by Gasteiger charge is 2.17. The number of rotatable bonds is 7. The fourth-order valence-corrected chi connectivity index (χ4v) is 3.45. The van der Waals surface area contributed by atoms with Crippen LogP contribution >= 0.6 is 0 Å². The lowest BCUT2D eigenvalue weighted by atomic mass is 9.98. The first-order valence-electron chi connectivity index (χ1n) is 9.00. The van der Waals surface area contributed by atoms with Crippen LogP contribution in [0.15, 0.2) is 84.9 Å². The second-order valence-electron chi connectivity index (χ2n) is 6.31. The van der Waals surface area contributed by atoms with Gasteiger partial charge in [0, 0.05) is 11.3 Å². The molecule has 0 aliphatic carbocycles. The number of sulfonamides is 1. The van der Waals surface area contributed by atoms with Gasteiger partial charge in [-0.25, -0.2) is 8.42 Å². The molecule has 3 aromatic rings. The summed E-state index contributed by atoms with van der Waals surface area (Å²) in [6.07, 6.45) is 0. The maximum absolute atomic E-state index is 12.8. The molecule has 0 heterocycles. The van der Waals surface area contributed by atoms with E-state index in [1.165, 1.54) is 0 Å². The van der Waals surface area contributed by atoms with Gasteiger partial charge >= 0.3 is 0 Å². The van der Waals surface area contributed by atoms with E-state index in [1.807, 2.05) is 60.7 Å². The number of nitrogens with one attached hydrogen (secondary N) is 2. The molecular weight excluding hydrogens is 372 g/mol. The van der Waals surface area contributed by atoms with Crippen LogP contribution in [0.25, 0.3) is 0 Å². The molecule has 144 valence electrons. The van der Waals surface area contributed by atoms with Crippen molar-refractivity contribution in [1.82, 2.24) is 5.32 Å². The zero-order valence-corrected chi connectivity index (χ0v) is 16.3. The van der Waals surface area contributed by atoms with Crippen molar-refractivity contribution < 1.29 is 13.2 Å². The molecule has 2 N–H and O–H groups in total. The van der Waals surface area contributed by atoms with Crippen LogP contribution in [-0.2, 0) is 10.0 Å². The molecule has 5 nitrogen and oxygen atoms in total. The molecule has 0 bridgehead atoms. The zero-order chi connectivity index (χ0) is 20.0. The van der Waals surface area contributed by atoms with Crippen molar-refractivity contribution in [2.24, 2.45) is 0 Å². The van der Waals surface area contributed by atoms with Crippen LogP contribution in [-0.4, -0.2) is 20.1 Å². The Morgan fingerprint density at radius 3 is 1.79 bits per heavy atom. The molecule has 28 heavy (non-hydrogen) atoms. The Morgan fingerprint density at radius 2 is 1.32 bits per heavy atom. The van der Waals surface area contributed by atoms with Gasteiger partial charge in [-0.05, 0) is 42.3 Å². The summed E-state index contributed by atoms with van der Waals surface area (Å²) in [5.74, 6) is -0.243. The van der Waals surface area contributed by atoms with Crippen molar-refractivity contribution >= 4 is 21.6 Å². The minimum atomic E-state index is -3.35. The maximum atomic E-state index is 12.8. The van der Waals surface area contributed by atoms with Crippen molar-refractivity contribution in [2.45, 2.75) is 13.0 Å². The van der Waals surface area contributed by atoms with E-state index < -0.39 is 10.0 Å². The van der Waals surface area contributed by atoms with Crippen LogP contribution in [0.2, 0.25) is 0 Å². The van der Waals surface area contributed by atoms with Crippen LogP contribution in [0, 0.1) is 0 Å². The monoisotopic (exact) mass is 394 g/mol. The summed E-state index contributed by atoms with van der Waals surface area (Å²) in [5, 5.41) is 3.07. The number of hydrogen-bond donors (Lipinski definition) is 2. The van der Waals surface area contributed by atoms with Gasteiger partial charge in [0.1, 0.15) is 0 Å². The molecule has 1 amide bonds. The summed E-state index contributed by atoms with van der Waals surface area (Å²) < 4.78 is 25.8. The molecule has 0 radical (unpaired) electrons. The van der Waals surface area contributed by atoms with E-state index in [-0.39, 0.29) is 17.7 Å². The second kappa shape index (κ2) is 8.71. The lowest BCUT2D eigenvalue weighted by molar-refractivity contribution is 0.0943. The van der Waals surface area contributed by atoms with Gasteiger partial charge in [-0.15, -0.1) is 0 Å².